The van der Waals surface area contributed by atoms with Gasteiger partial charge in [0, 0.05) is 6.04 Å². The van der Waals surface area contributed by atoms with Crippen LogP contribution in [0.2, 0.25) is 0 Å². The molecule has 88 valence electrons. The number of hydrogen-bond acceptors (Lipinski definition) is 1. The molecule has 1 N–H and O–H groups in total. The van der Waals surface area contributed by atoms with Crippen LogP contribution in [0.15, 0.2) is 30.3 Å². The summed E-state index contributed by atoms with van der Waals surface area (Å²) in [5.74, 6) is 2.41. The van der Waals surface area contributed by atoms with Crippen molar-refractivity contribution in [2.45, 2.75) is 39.2 Å². The summed E-state index contributed by atoms with van der Waals surface area (Å²) in [7, 11) is 0. The molecule has 0 bridgehead atoms. The fraction of sp³-hybridized carbons (Fsp3) is 0.600. The number of hydrogen-bond donors (Lipinski definition) is 1. The van der Waals surface area contributed by atoms with Crippen LogP contribution in [0, 0.1) is 11.8 Å². The van der Waals surface area contributed by atoms with Gasteiger partial charge in [0.25, 0.3) is 0 Å². The van der Waals surface area contributed by atoms with Crippen molar-refractivity contribution in [2.75, 3.05) is 6.54 Å². The Kier molecular flexibility index (Phi) is 3.65. The molecule has 3 atom stereocenters. The minimum Gasteiger partial charge on any atom is -0.314 e. The highest BCUT2D eigenvalue weighted by atomic mass is 14.9. The molecule has 1 aliphatic rings. The summed E-state index contributed by atoms with van der Waals surface area (Å²) in [6, 6.07) is 11.5. The Morgan fingerprint density at radius 2 is 1.88 bits per heavy atom. The van der Waals surface area contributed by atoms with Gasteiger partial charge in [-0.2, -0.15) is 0 Å². The van der Waals surface area contributed by atoms with E-state index in [-0.39, 0.29) is 0 Å². The zero-order chi connectivity index (χ0) is 11.5. The lowest BCUT2D eigenvalue weighted by Gasteiger charge is -2.17. The maximum absolute atomic E-state index is 3.64. The summed E-state index contributed by atoms with van der Waals surface area (Å²) >= 11 is 0. The maximum atomic E-state index is 3.64. The van der Waals surface area contributed by atoms with Crippen LogP contribution < -0.4 is 5.32 Å². The quantitative estimate of drug-likeness (QED) is 0.797. The van der Waals surface area contributed by atoms with Gasteiger partial charge in [-0.15, -0.1) is 0 Å². The molecule has 0 heterocycles. The van der Waals surface area contributed by atoms with Crippen LogP contribution in [0.5, 0.6) is 0 Å². The van der Waals surface area contributed by atoms with Gasteiger partial charge in [0.15, 0.2) is 0 Å². The minimum absolute atomic E-state index is 0.636. The predicted octanol–water partition coefficient (Wildman–Crippen LogP) is 3.42. The van der Waals surface area contributed by atoms with Crippen molar-refractivity contribution in [2.24, 2.45) is 11.8 Å². The molecule has 2 rings (SSSR count). The molecule has 0 aromatic heterocycles. The molecule has 0 aliphatic heterocycles. The smallest absolute Gasteiger partial charge is 0.00618 e. The third-order valence-corrected chi connectivity index (χ3v) is 3.85. The fourth-order valence-corrected chi connectivity index (χ4v) is 2.15. The van der Waals surface area contributed by atoms with E-state index in [4.69, 9.17) is 0 Å². The van der Waals surface area contributed by atoms with Crippen LogP contribution in [0.3, 0.4) is 0 Å². The molecule has 1 aliphatic carbocycles. The van der Waals surface area contributed by atoms with Crippen molar-refractivity contribution in [3.05, 3.63) is 35.9 Å². The topological polar surface area (TPSA) is 12.0 Å². The Hall–Kier alpha value is -0.820. The molecule has 1 aromatic rings. The van der Waals surface area contributed by atoms with E-state index in [0.29, 0.717) is 6.04 Å². The number of nitrogens with one attached hydrogen (secondary N) is 1. The maximum Gasteiger partial charge on any atom is 0.00618 e. The van der Waals surface area contributed by atoms with Crippen LogP contribution >= 0.6 is 0 Å². The number of benzene rings is 1. The fourth-order valence-electron chi connectivity index (χ4n) is 2.15. The van der Waals surface area contributed by atoms with Crippen molar-refractivity contribution in [3.8, 4) is 0 Å². The second kappa shape index (κ2) is 5.01. The van der Waals surface area contributed by atoms with Gasteiger partial charge in [-0.3, -0.25) is 0 Å². The first kappa shape index (κ1) is 11.7. The Labute approximate surface area is 99.3 Å². The summed E-state index contributed by atoms with van der Waals surface area (Å²) in [6.07, 6.45) is 1.36. The third-order valence-electron chi connectivity index (χ3n) is 3.85. The molecule has 0 saturated heterocycles. The second-order valence-electron chi connectivity index (χ2n) is 5.45. The number of rotatable bonds is 5. The summed E-state index contributed by atoms with van der Waals surface area (Å²) in [4.78, 5) is 0. The molecule has 1 fully saturated rings. The van der Waals surface area contributed by atoms with E-state index in [2.05, 4.69) is 56.4 Å². The van der Waals surface area contributed by atoms with Crippen molar-refractivity contribution >= 4 is 0 Å². The van der Waals surface area contributed by atoms with Gasteiger partial charge in [0.05, 0.1) is 0 Å². The molecule has 16 heavy (non-hydrogen) atoms. The van der Waals surface area contributed by atoms with E-state index < -0.39 is 0 Å². The highest BCUT2D eigenvalue weighted by Crippen LogP contribution is 2.46. The van der Waals surface area contributed by atoms with Crippen LogP contribution in [0.25, 0.3) is 0 Å². The van der Waals surface area contributed by atoms with E-state index in [1.54, 1.807) is 0 Å². The highest BCUT2D eigenvalue weighted by molar-refractivity contribution is 5.25. The van der Waals surface area contributed by atoms with Gasteiger partial charge in [-0.05, 0) is 43.2 Å². The van der Waals surface area contributed by atoms with E-state index in [1.807, 2.05) is 0 Å². The van der Waals surface area contributed by atoms with Crippen molar-refractivity contribution < 1.29 is 0 Å². The SMILES string of the molecule is CC(C)C(C)NCC1CC1c1ccccc1. The lowest BCUT2D eigenvalue weighted by molar-refractivity contribution is 0.418. The van der Waals surface area contributed by atoms with Crippen LogP contribution in [0.1, 0.15) is 38.7 Å². The zero-order valence-electron chi connectivity index (χ0n) is 10.6. The van der Waals surface area contributed by atoms with Gasteiger partial charge in [0.1, 0.15) is 0 Å². The van der Waals surface area contributed by atoms with Crippen molar-refractivity contribution in [1.29, 1.82) is 0 Å². The lowest BCUT2D eigenvalue weighted by Crippen LogP contribution is -2.32. The summed E-state index contributed by atoms with van der Waals surface area (Å²) in [5, 5.41) is 3.64. The largest absolute Gasteiger partial charge is 0.314 e. The van der Waals surface area contributed by atoms with E-state index in [9.17, 15) is 0 Å². The Balaban J connectivity index is 1.76. The Morgan fingerprint density at radius 1 is 1.19 bits per heavy atom. The van der Waals surface area contributed by atoms with Crippen LogP contribution in [0.4, 0.5) is 0 Å². The van der Waals surface area contributed by atoms with Gasteiger partial charge < -0.3 is 5.32 Å². The predicted molar refractivity (Wildman–Crippen MR) is 69.6 cm³/mol. The first-order valence-electron chi connectivity index (χ1n) is 6.47. The van der Waals surface area contributed by atoms with Gasteiger partial charge in [-0.25, -0.2) is 0 Å². The van der Waals surface area contributed by atoms with Crippen molar-refractivity contribution in [3.63, 3.8) is 0 Å². The molecule has 1 heteroatoms. The zero-order valence-corrected chi connectivity index (χ0v) is 10.6. The monoisotopic (exact) mass is 217 g/mol. The highest BCUT2D eigenvalue weighted by Gasteiger charge is 2.37. The molecule has 0 amide bonds. The minimum atomic E-state index is 0.636. The first-order chi connectivity index (χ1) is 7.68. The van der Waals surface area contributed by atoms with E-state index in [1.165, 1.54) is 18.5 Å². The summed E-state index contributed by atoms with van der Waals surface area (Å²) in [5.41, 5.74) is 1.52. The molecule has 1 aromatic carbocycles. The first-order valence-corrected chi connectivity index (χ1v) is 6.47. The van der Waals surface area contributed by atoms with Crippen molar-refractivity contribution in [1.82, 2.24) is 5.32 Å². The van der Waals surface area contributed by atoms with Crippen LogP contribution in [-0.2, 0) is 0 Å². The summed E-state index contributed by atoms with van der Waals surface area (Å²) < 4.78 is 0. The standard InChI is InChI=1S/C15H23N/c1-11(2)12(3)16-10-14-9-15(14)13-7-5-4-6-8-13/h4-8,11-12,14-16H,9-10H2,1-3H3. The molecule has 3 unspecified atom stereocenters. The molecule has 0 spiro atoms. The lowest BCUT2D eigenvalue weighted by atomic mass is 10.1. The molecule has 0 radical (unpaired) electrons. The molecular weight excluding hydrogens is 194 g/mol. The van der Waals surface area contributed by atoms with Gasteiger partial charge in [-0.1, -0.05) is 44.2 Å². The Bertz CT molecular complexity index is 317. The average molecular weight is 217 g/mol. The average Bonchev–Trinajstić information content (AvgIpc) is 3.06. The molecular formula is C15H23N. The normalized spacial score (nSPS) is 25.8. The molecule has 1 nitrogen and oxygen atoms in total. The second-order valence-corrected chi connectivity index (χ2v) is 5.45. The summed E-state index contributed by atoms with van der Waals surface area (Å²) in [6.45, 7) is 8.02. The van der Waals surface area contributed by atoms with Gasteiger partial charge >= 0.3 is 0 Å². The van der Waals surface area contributed by atoms with E-state index in [0.717, 1.165) is 17.8 Å². The molecule has 1 saturated carbocycles. The third kappa shape index (κ3) is 2.85. The van der Waals surface area contributed by atoms with Crippen LogP contribution in [-0.4, -0.2) is 12.6 Å². The van der Waals surface area contributed by atoms with Gasteiger partial charge in [0.2, 0.25) is 0 Å². The Morgan fingerprint density at radius 3 is 2.50 bits per heavy atom. The van der Waals surface area contributed by atoms with E-state index >= 15 is 0 Å².